The second-order valence-electron chi connectivity index (χ2n) is 4.80. The van der Waals surface area contributed by atoms with Crippen molar-refractivity contribution >= 4 is 5.69 Å². The van der Waals surface area contributed by atoms with E-state index in [1.165, 1.54) is 5.56 Å². The number of hydrogen-bond acceptors (Lipinski definition) is 3. The summed E-state index contributed by atoms with van der Waals surface area (Å²) in [5, 5.41) is 18.2. The van der Waals surface area contributed by atoms with Crippen LogP contribution in [0.15, 0.2) is 58.0 Å². The average molecular weight is 242 g/mol. The van der Waals surface area contributed by atoms with Crippen LogP contribution in [0.4, 0.5) is 5.69 Å². The van der Waals surface area contributed by atoms with E-state index in [0.717, 1.165) is 11.3 Å². The van der Waals surface area contributed by atoms with Crippen molar-refractivity contribution in [1.29, 1.82) is 0 Å². The molecule has 2 rings (SSSR count). The van der Waals surface area contributed by atoms with Crippen LogP contribution in [-0.4, -0.2) is 11.1 Å². The van der Waals surface area contributed by atoms with E-state index in [2.05, 4.69) is 17.2 Å². The van der Waals surface area contributed by atoms with Crippen molar-refractivity contribution < 1.29 is 5.11 Å². The first kappa shape index (κ1) is 12.6. The summed E-state index contributed by atoms with van der Waals surface area (Å²) in [6.07, 6.45) is 3.78. The molecule has 2 unspecified atom stereocenters. The van der Waals surface area contributed by atoms with Crippen molar-refractivity contribution in [3.8, 4) is 0 Å². The van der Waals surface area contributed by atoms with E-state index in [0.29, 0.717) is 5.76 Å². The summed E-state index contributed by atoms with van der Waals surface area (Å²) in [5.41, 5.74) is 2.95. The second kappa shape index (κ2) is 5.17. The Morgan fingerprint density at radius 2 is 1.72 bits per heavy atom. The van der Waals surface area contributed by atoms with Gasteiger partial charge in [-0.2, -0.15) is 10.2 Å². The van der Waals surface area contributed by atoms with Gasteiger partial charge in [0.2, 0.25) is 0 Å². The summed E-state index contributed by atoms with van der Waals surface area (Å²) in [7, 11) is 0. The zero-order valence-corrected chi connectivity index (χ0v) is 11.0. The van der Waals surface area contributed by atoms with Crippen molar-refractivity contribution in [3.05, 3.63) is 53.3 Å². The number of azo groups is 1. The Balaban J connectivity index is 2.12. The Hall–Kier alpha value is -1.90. The van der Waals surface area contributed by atoms with Crippen molar-refractivity contribution in [2.45, 2.75) is 26.8 Å². The minimum absolute atomic E-state index is 0.0880. The van der Waals surface area contributed by atoms with Crippen LogP contribution in [0.2, 0.25) is 0 Å². The van der Waals surface area contributed by atoms with Gasteiger partial charge in [-0.3, -0.25) is 0 Å². The summed E-state index contributed by atoms with van der Waals surface area (Å²) < 4.78 is 0. The normalized spacial score (nSPS) is 23.9. The molecule has 1 aliphatic carbocycles. The number of aliphatic hydroxyl groups excluding tert-OH is 1. The number of nitrogens with zero attached hydrogens (tertiary/aromatic N) is 2. The van der Waals surface area contributed by atoms with Crippen molar-refractivity contribution in [1.82, 2.24) is 0 Å². The molecule has 0 amide bonds. The van der Waals surface area contributed by atoms with Crippen LogP contribution in [0.25, 0.3) is 0 Å². The maximum absolute atomic E-state index is 9.69. The highest BCUT2D eigenvalue weighted by Gasteiger charge is 2.19. The lowest BCUT2D eigenvalue weighted by atomic mass is 9.93. The summed E-state index contributed by atoms with van der Waals surface area (Å²) in [5.74, 6) is 0.566. The summed E-state index contributed by atoms with van der Waals surface area (Å²) >= 11 is 0. The fourth-order valence-electron chi connectivity index (χ4n) is 1.91. The van der Waals surface area contributed by atoms with Gasteiger partial charge in [-0.05, 0) is 37.6 Å². The molecule has 3 nitrogen and oxygen atoms in total. The predicted octanol–water partition coefficient (Wildman–Crippen LogP) is 4.49. The number of hydrogen-bond donors (Lipinski definition) is 1. The molecule has 0 spiro atoms. The quantitative estimate of drug-likeness (QED) is 0.763. The molecule has 0 saturated heterocycles. The molecule has 18 heavy (non-hydrogen) atoms. The standard InChI is InChI=1S/C15H18N2O/c1-10-4-6-13(7-5-10)16-17-14-9-15(18)12(3)8-11(14)2/h4-9,11,14,18H,1-3H3. The van der Waals surface area contributed by atoms with E-state index < -0.39 is 0 Å². The van der Waals surface area contributed by atoms with E-state index in [4.69, 9.17) is 0 Å². The summed E-state index contributed by atoms with van der Waals surface area (Å²) in [6, 6.07) is 7.81. The van der Waals surface area contributed by atoms with Crippen LogP contribution in [0.1, 0.15) is 19.4 Å². The van der Waals surface area contributed by atoms with Gasteiger partial charge in [0.15, 0.2) is 0 Å². The van der Waals surface area contributed by atoms with Crippen LogP contribution < -0.4 is 0 Å². The molecule has 0 aliphatic heterocycles. The fraction of sp³-hybridized carbons (Fsp3) is 0.333. The topological polar surface area (TPSA) is 45.0 Å². The Morgan fingerprint density at radius 1 is 1.06 bits per heavy atom. The second-order valence-corrected chi connectivity index (χ2v) is 4.80. The van der Waals surface area contributed by atoms with Crippen LogP contribution in [0.5, 0.6) is 0 Å². The molecule has 1 aromatic rings. The summed E-state index contributed by atoms with van der Waals surface area (Å²) in [4.78, 5) is 0. The van der Waals surface area contributed by atoms with Gasteiger partial charge < -0.3 is 5.11 Å². The van der Waals surface area contributed by atoms with Crippen molar-refractivity contribution in [2.75, 3.05) is 0 Å². The first-order chi connectivity index (χ1) is 8.56. The highest BCUT2D eigenvalue weighted by Crippen LogP contribution is 2.24. The Bertz CT molecular complexity index is 512. The predicted molar refractivity (Wildman–Crippen MR) is 73.1 cm³/mol. The Morgan fingerprint density at radius 3 is 2.39 bits per heavy atom. The molecule has 0 fully saturated rings. The van der Waals surface area contributed by atoms with Crippen LogP contribution in [-0.2, 0) is 0 Å². The van der Waals surface area contributed by atoms with Gasteiger partial charge in [-0.1, -0.05) is 30.7 Å². The lowest BCUT2D eigenvalue weighted by Gasteiger charge is -2.19. The first-order valence-corrected chi connectivity index (χ1v) is 6.13. The maximum Gasteiger partial charge on any atom is 0.116 e. The average Bonchev–Trinajstić information content (AvgIpc) is 2.34. The van der Waals surface area contributed by atoms with Gasteiger partial charge in [0.25, 0.3) is 0 Å². The number of allylic oxidation sites excluding steroid dienone is 1. The number of aryl methyl sites for hydroxylation is 1. The first-order valence-electron chi connectivity index (χ1n) is 6.13. The molecule has 1 aliphatic rings. The van der Waals surface area contributed by atoms with Crippen LogP contribution in [0.3, 0.4) is 0 Å². The SMILES string of the molecule is CC1=CC(C)C(N=Nc2ccc(C)cc2)C=C1O. The number of rotatable bonds is 2. The molecule has 0 bridgehead atoms. The minimum Gasteiger partial charge on any atom is -0.508 e. The van der Waals surface area contributed by atoms with E-state index in [9.17, 15) is 5.11 Å². The summed E-state index contributed by atoms with van der Waals surface area (Å²) in [6.45, 7) is 6.01. The smallest absolute Gasteiger partial charge is 0.116 e. The van der Waals surface area contributed by atoms with Crippen molar-refractivity contribution in [3.63, 3.8) is 0 Å². The molecule has 0 saturated carbocycles. The zero-order valence-electron chi connectivity index (χ0n) is 11.0. The molecule has 2 atom stereocenters. The molecule has 94 valence electrons. The number of benzene rings is 1. The molecule has 0 aromatic heterocycles. The molecule has 0 radical (unpaired) electrons. The maximum atomic E-state index is 9.69. The third-order valence-electron chi connectivity index (χ3n) is 3.12. The minimum atomic E-state index is -0.0880. The molecule has 0 heterocycles. The van der Waals surface area contributed by atoms with Gasteiger partial charge in [0, 0.05) is 5.92 Å². The molecular formula is C15H18N2O. The van der Waals surface area contributed by atoms with E-state index in [1.54, 1.807) is 6.08 Å². The number of aliphatic hydroxyl groups is 1. The third-order valence-corrected chi connectivity index (χ3v) is 3.12. The monoisotopic (exact) mass is 242 g/mol. The van der Waals surface area contributed by atoms with Crippen LogP contribution in [0, 0.1) is 12.8 Å². The largest absolute Gasteiger partial charge is 0.508 e. The molecule has 1 N–H and O–H groups in total. The van der Waals surface area contributed by atoms with Gasteiger partial charge >= 0.3 is 0 Å². The van der Waals surface area contributed by atoms with E-state index in [1.807, 2.05) is 44.2 Å². The lowest BCUT2D eigenvalue weighted by molar-refractivity contribution is 0.405. The van der Waals surface area contributed by atoms with Crippen LogP contribution >= 0.6 is 0 Å². The lowest BCUT2D eigenvalue weighted by Crippen LogP contribution is -2.16. The highest BCUT2D eigenvalue weighted by atomic mass is 16.3. The Kier molecular flexibility index (Phi) is 3.60. The van der Waals surface area contributed by atoms with E-state index in [-0.39, 0.29) is 12.0 Å². The molecule has 1 aromatic carbocycles. The molecular weight excluding hydrogens is 224 g/mol. The third kappa shape index (κ3) is 2.86. The van der Waals surface area contributed by atoms with Gasteiger partial charge in [-0.25, -0.2) is 0 Å². The van der Waals surface area contributed by atoms with Crippen molar-refractivity contribution in [2.24, 2.45) is 16.1 Å². The van der Waals surface area contributed by atoms with Gasteiger partial charge in [-0.15, -0.1) is 0 Å². The Labute approximate surface area is 108 Å². The molecule has 3 heteroatoms. The van der Waals surface area contributed by atoms with Gasteiger partial charge in [0.05, 0.1) is 11.7 Å². The highest BCUT2D eigenvalue weighted by molar-refractivity contribution is 5.38. The van der Waals surface area contributed by atoms with E-state index >= 15 is 0 Å². The fourth-order valence-corrected chi connectivity index (χ4v) is 1.91. The zero-order chi connectivity index (χ0) is 13.1. The van der Waals surface area contributed by atoms with Gasteiger partial charge in [0.1, 0.15) is 5.76 Å².